The molecule has 1 heterocycles. The van der Waals surface area contributed by atoms with Crippen LogP contribution in [0.5, 0.6) is 0 Å². The second-order valence-corrected chi connectivity index (χ2v) is 4.12. The SMILES string of the molecule is O=C(Cc1ccccc1Br)c1ncccn1. The van der Waals surface area contributed by atoms with Crippen LogP contribution in [-0.2, 0) is 6.42 Å². The van der Waals surface area contributed by atoms with Crippen molar-refractivity contribution in [3.8, 4) is 0 Å². The highest BCUT2D eigenvalue weighted by Gasteiger charge is 2.10. The van der Waals surface area contributed by atoms with Gasteiger partial charge in [0.1, 0.15) is 0 Å². The zero-order valence-electron chi connectivity index (χ0n) is 8.43. The van der Waals surface area contributed by atoms with Crippen molar-refractivity contribution in [2.75, 3.05) is 0 Å². The number of hydrogen-bond acceptors (Lipinski definition) is 3. The molecule has 0 saturated carbocycles. The van der Waals surface area contributed by atoms with Crippen LogP contribution >= 0.6 is 15.9 Å². The number of nitrogens with zero attached hydrogens (tertiary/aromatic N) is 2. The van der Waals surface area contributed by atoms with E-state index in [1.165, 1.54) is 0 Å². The molecule has 0 spiro atoms. The minimum atomic E-state index is -0.0764. The molecule has 2 aromatic rings. The van der Waals surface area contributed by atoms with E-state index in [0.717, 1.165) is 10.0 Å². The lowest BCUT2D eigenvalue weighted by Crippen LogP contribution is -2.08. The van der Waals surface area contributed by atoms with Gasteiger partial charge in [0.2, 0.25) is 5.78 Å². The first kappa shape index (κ1) is 11.0. The quantitative estimate of drug-likeness (QED) is 0.810. The summed E-state index contributed by atoms with van der Waals surface area (Å²) in [4.78, 5) is 19.7. The van der Waals surface area contributed by atoms with Gasteiger partial charge >= 0.3 is 0 Å². The van der Waals surface area contributed by atoms with E-state index in [9.17, 15) is 4.79 Å². The molecule has 0 saturated heterocycles. The third-order valence-corrected chi connectivity index (χ3v) is 2.90. The summed E-state index contributed by atoms with van der Waals surface area (Å²) in [6.45, 7) is 0. The Morgan fingerprint density at radius 3 is 2.50 bits per heavy atom. The van der Waals surface area contributed by atoms with Gasteiger partial charge in [0.05, 0.1) is 0 Å². The summed E-state index contributed by atoms with van der Waals surface area (Å²) in [7, 11) is 0. The maximum absolute atomic E-state index is 11.8. The zero-order valence-corrected chi connectivity index (χ0v) is 10.0. The zero-order chi connectivity index (χ0) is 11.4. The molecule has 0 atom stereocenters. The van der Waals surface area contributed by atoms with E-state index in [2.05, 4.69) is 25.9 Å². The van der Waals surface area contributed by atoms with Gasteiger partial charge in [-0.05, 0) is 17.7 Å². The Labute approximate surface area is 102 Å². The van der Waals surface area contributed by atoms with Crippen molar-refractivity contribution < 1.29 is 4.79 Å². The average molecular weight is 277 g/mol. The van der Waals surface area contributed by atoms with Crippen molar-refractivity contribution in [2.45, 2.75) is 6.42 Å². The Hall–Kier alpha value is -1.55. The second kappa shape index (κ2) is 4.99. The van der Waals surface area contributed by atoms with E-state index < -0.39 is 0 Å². The maximum atomic E-state index is 11.8. The predicted molar refractivity (Wildman–Crippen MR) is 64.2 cm³/mol. The summed E-state index contributed by atoms with van der Waals surface area (Å²) < 4.78 is 0.930. The van der Waals surface area contributed by atoms with E-state index in [1.54, 1.807) is 18.5 Å². The summed E-state index contributed by atoms with van der Waals surface area (Å²) >= 11 is 3.40. The molecular weight excluding hydrogens is 268 g/mol. The lowest BCUT2D eigenvalue weighted by atomic mass is 10.1. The molecule has 4 heteroatoms. The second-order valence-electron chi connectivity index (χ2n) is 3.26. The predicted octanol–water partition coefficient (Wildman–Crippen LogP) is 2.66. The van der Waals surface area contributed by atoms with E-state index >= 15 is 0 Å². The largest absolute Gasteiger partial charge is 0.290 e. The number of hydrogen-bond donors (Lipinski definition) is 0. The minimum absolute atomic E-state index is 0.0764. The Kier molecular flexibility index (Phi) is 3.41. The number of halogens is 1. The van der Waals surface area contributed by atoms with Crippen LogP contribution in [0, 0.1) is 0 Å². The molecule has 0 aliphatic rings. The van der Waals surface area contributed by atoms with Gasteiger partial charge in [0.15, 0.2) is 5.82 Å². The Morgan fingerprint density at radius 1 is 1.12 bits per heavy atom. The fraction of sp³-hybridized carbons (Fsp3) is 0.0833. The molecule has 80 valence electrons. The minimum Gasteiger partial charge on any atom is -0.290 e. The van der Waals surface area contributed by atoms with Crippen molar-refractivity contribution in [1.29, 1.82) is 0 Å². The molecule has 0 fully saturated rings. The van der Waals surface area contributed by atoms with Gasteiger partial charge in [0, 0.05) is 23.3 Å². The van der Waals surface area contributed by atoms with Crippen LogP contribution in [0.4, 0.5) is 0 Å². The Morgan fingerprint density at radius 2 is 1.81 bits per heavy atom. The first-order valence-electron chi connectivity index (χ1n) is 4.81. The lowest BCUT2D eigenvalue weighted by Gasteiger charge is -2.02. The van der Waals surface area contributed by atoms with E-state index in [-0.39, 0.29) is 11.6 Å². The van der Waals surface area contributed by atoms with Crippen LogP contribution < -0.4 is 0 Å². The number of Topliss-reactive ketones (excluding diaryl/α,β-unsaturated/α-hetero) is 1. The Bertz CT molecular complexity index is 499. The third kappa shape index (κ3) is 2.52. The molecule has 0 bridgehead atoms. The van der Waals surface area contributed by atoms with Gasteiger partial charge in [-0.3, -0.25) is 4.79 Å². The summed E-state index contributed by atoms with van der Waals surface area (Å²) in [6, 6.07) is 9.32. The first-order chi connectivity index (χ1) is 7.77. The summed E-state index contributed by atoms with van der Waals surface area (Å²) in [6.07, 6.45) is 3.45. The average Bonchev–Trinajstić information content (AvgIpc) is 2.33. The summed E-state index contributed by atoms with van der Waals surface area (Å²) in [5.41, 5.74) is 0.944. The molecule has 0 amide bonds. The molecule has 16 heavy (non-hydrogen) atoms. The topological polar surface area (TPSA) is 42.9 Å². The monoisotopic (exact) mass is 276 g/mol. The van der Waals surface area contributed by atoms with Gasteiger partial charge in [-0.2, -0.15) is 0 Å². The van der Waals surface area contributed by atoms with Gasteiger partial charge in [-0.1, -0.05) is 34.1 Å². The van der Waals surface area contributed by atoms with Crippen molar-refractivity contribution in [1.82, 2.24) is 9.97 Å². The Balaban J connectivity index is 2.18. The molecule has 0 aliphatic heterocycles. The van der Waals surface area contributed by atoms with Crippen molar-refractivity contribution in [3.63, 3.8) is 0 Å². The molecule has 0 N–H and O–H groups in total. The highest BCUT2D eigenvalue weighted by Crippen LogP contribution is 2.17. The number of ketones is 1. The molecule has 2 rings (SSSR count). The van der Waals surface area contributed by atoms with E-state index in [4.69, 9.17) is 0 Å². The van der Waals surface area contributed by atoms with Crippen LogP contribution in [0.3, 0.4) is 0 Å². The first-order valence-corrected chi connectivity index (χ1v) is 5.60. The normalized spacial score (nSPS) is 10.1. The molecule has 1 aromatic carbocycles. The van der Waals surface area contributed by atoms with Crippen LogP contribution in [0.1, 0.15) is 16.2 Å². The fourth-order valence-corrected chi connectivity index (χ4v) is 1.76. The number of carbonyl (C=O) groups excluding carboxylic acids is 1. The summed E-state index contributed by atoms with van der Waals surface area (Å²) in [5, 5.41) is 0. The molecule has 0 aliphatic carbocycles. The van der Waals surface area contributed by atoms with Crippen molar-refractivity contribution in [3.05, 3.63) is 58.6 Å². The molecule has 0 radical (unpaired) electrons. The number of aromatic nitrogens is 2. The number of carbonyl (C=O) groups is 1. The summed E-state index contributed by atoms with van der Waals surface area (Å²) in [5.74, 6) is 0.186. The van der Waals surface area contributed by atoms with Crippen molar-refractivity contribution >= 4 is 21.7 Å². The van der Waals surface area contributed by atoms with E-state index in [1.807, 2.05) is 24.3 Å². The fourth-order valence-electron chi connectivity index (χ4n) is 1.34. The highest BCUT2D eigenvalue weighted by molar-refractivity contribution is 9.10. The van der Waals surface area contributed by atoms with Gasteiger partial charge in [-0.25, -0.2) is 9.97 Å². The highest BCUT2D eigenvalue weighted by atomic mass is 79.9. The molecule has 3 nitrogen and oxygen atoms in total. The van der Waals surface area contributed by atoms with Crippen LogP contribution in [0.25, 0.3) is 0 Å². The third-order valence-electron chi connectivity index (χ3n) is 2.12. The van der Waals surface area contributed by atoms with E-state index in [0.29, 0.717) is 6.42 Å². The lowest BCUT2D eigenvalue weighted by molar-refractivity contribution is 0.0983. The number of benzene rings is 1. The smallest absolute Gasteiger partial charge is 0.204 e. The molecule has 1 aromatic heterocycles. The standard InChI is InChI=1S/C12H9BrN2O/c13-10-5-2-1-4-9(10)8-11(16)12-14-6-3-7-15-12/h1-7H,8H2. The van der Waals surface area contributed by atoms with Crippen LogP contribution in [-0.4, -0.2) is 15.8 Å². The van der Waals surface area contributed by atoms with Crippen LogP contribution in [0.15, 0.2) is 47.2 Å². The maximum Gasteiger partial charge on any atom is 0.204 e. The molecule has 0 unspecified atom stereocenters. The van der Waals surface area contributed by atoms with Gasteiger partial charge < -0.3 is 0 Å². The van der Waals surface area contributed by atoms with Crippen molar-refractivity contribution in [2.24, 2.45) is 0 Å². The van der Waals surface area contributed by atoms with Gasteiger partial charge in [-0.15, -0.1) is 0 Å². The van der Waals surface area contributed by atoms with Crippen LogP contribution in [0.2, 0.25) is 0 Å². The van der Waals surface area contributed by atoms with Gasteiger partial charge in [0.25, 0.3) is 0 Å². The molecular formula is C12H9BrN2O. The number of rotatable bonds is 3.